The first-order chi connectivity index (χ1) is 12.1. The number of piperidine rings is 1. The zero-order chi connectivity index (χ0) is 17.8. The van der Waals surface area contributed by atoms with Gasteiger partial charge in [-0.1, -0.05) is 6.92 Å². The van der Waals surface area contributed by atoms with Gasteiger partial charge in [-0.05, 0) is 50.5 Å². The minimum atomic E-state index is -0.270. The molecule has 25 heavy (non-hydrogen) atoms. The Morgan fingerprint density at radius 3 is 2.84 bits per heavy atom. The maximum absolute atomic E-state index is 12.9. The van der Waals surface area contributed by atoms with Crippen LogP contribution in [0, 0.1) is 18.7 Å². The third-order valence-corrected chi connectivity index (χ3v) is 5.73. The molecular weight excluding hydrogens is 339 g/mol. The van der Waals surface area contributed by atoms with E-state index in [1.807, 2.05) is 11.8 Å². The van der Waals surface area contributed by atoms with Crippen molar-refractivity contribution in [2.45, 2.75) is 33.1 Å². The van der Waals surface area contributed by atoms with E-state index in [0.29, 0.717) is 24.8 Å². The molecule has 1 aliphatic heterocycles. The zero-order valence-corrected chi connectivity index (χ0v) is 15.4. The van der Waals surface area contributed by atoms with Gasteiger partial charge in [-0.25, -0.2) is 9.37 Å². The SMILES string of the molecule is CCc1nc(C)c(C(=O)N2CCCC(COc3ccc(F)cc3)C2)s1. The van der Waals surface area contributed by atoms with E-state index in [4.69, 9.17) is 4.74 Å². The molecule has 134 valence electrons. The minimum absolute atomic E-state index is 0.0844. The van der Waals surface area contributed by atoms with E-state index < -0.39 is 0 Å². The molecule has 1 aliphatic rings. The highest BCUT2D eigenvalue weighted by molar-refractivity contribution is 7.13. The average Bonchev–Trinajstić information content (AvgIpc) is 3.02. The standard InChI is InChI=1S/C19H23FN2O2S/c1-3-17-21-13(2)18(25-17)19(23)22-10-4-5-14(11-22)12-24-16-8-6-15(20)7-9-16/h6-9,14H,3-5,10-12H2,1-2H3. The number of thiazole rings is 1. The molecule has 1 aromatic carbocycles. The molecular formula is C19H23FN2O2S. The number of carbonyl (C=O) groups is 1. The lowest BCUT2D eigenvalue weighted by Crippen LogP contribution is -2.41. The number of nitrogens with zero attached hydrogens (tertiary/aromatic N) is 2. The van der Waals surface area contributed by atoms with Gasteiger partial charge in [0.15, 0.2) is 0 Å². The van der Waals surface area contributed by atoms with Crippen LogP contribution in [0.25, 0.3) is 0 Å². The Morgan fingerprint density at radius 1 is 1.40 bits per heavy atom. The van der Waals surface area contributed by atoms with Gasteiger partial charge in [0, 0.05) is 19.0 Å². The Balaban J connectivity index is 1.59. The minimum Gasteiger partial charge on any atom is -0.493 e. The highest BCUT2D eigenvalue weighted by Gasteiger charge is 2.27. The summed E-state index contributed by atoms with van der Waals surface area (Å²) in [7, 11) is 0. The van der Waals surface area contributed by atoms with E-state index in [2.05, 4.69) is 11.9 Å². The van der Waals surface area contributed by atoms with Crippen LogP contribution in [0.2, 0.25) is 0 Å². The number of halogens is 1. The molecule has 1 amide bonds. The Kier molecular flexibility index (Phi) is 5.68. The summed E-state index contributed by atoms with van der Waals surface area (Å²) in [4.78, 5) is 20.0. The smallest absolute Gasteiger partial charge is 0.265 e. The maximum Gasteiger partial charge on any atom is 0.265 e. The fraction of sp³-hybridized carbons (Fsp3) is 0.474. The first kappa shape index (κ1) is 17.9. The molecule has 1 saturated heterocycles. The summed E-state index contributed by atoms with van der Waals surface area (Å²) in [5.74, 6) is 0.770. The second-order valence-electron chi connectivity index (χ2n) is 6.40. The third kappa shape index (κ3) is 4.37. The Bertz CT molecular complexity index is 730. The molecule has 1 fully saturated rings. The molecule has 0 aliphatic carbocycles. The van der Waals surface area contributed by atoms with E-state index in [9.17, 15) is 9.18 Å². The van der Waals surface area contributed by atoms with Crippen molar-refractivity contribution >= 4 is 17.2 Å². The van der Waals surface area contributed by atoms with Gasteiger partial charge >= 0.3 is 0 Å². The number of ether oxygens (including phenoxy) is 1. The van der Waals surface area contributed by atoms with E-state index in [1.165, 1.54) is 23.5 Å². The molecule has 2 aromatic rings. The zero-order valence-electron chi connectivity index (χ0n) is 14.6. The number of rotatable bonds is 5. The number of likely N-dealkylation sites (tertiary alicyclic amines) is 1. The first-order valence-corrected chi connectivity index (χ1v) is 9.52. The van der Waals surface area contributed by atoms with Gasteiger partial charge in [0.25, 0.3) is 5.91 Å². The summed E-state index contributed by atoms with van der Waals surface area (Å²) < 4.78 is 18.7. The summed E-state index contributed by atoms with van der Waals surface area (Å²) in [5.41, 5.74) is 0.830. The summed E-state index contributed by atoms with van der Waals surface area (Å²) in [5, 5.41) is 1.01. The Labute approximate surface area is 151 Å². The molecule has 4 nitrogen and oxygen atoms in total. The lowest BCUT2D eigenvalue weighted by Gasteiger charge is -2.32. The van der Waals surface area contributed by atoms with Crippen molar-refractivity contribution in [2.24, 2.45) is 5.92 Å². The number of hydrogen-bond donors (Lipinski definition) is 0. The van der Waals surface area contributed by atoms with Gasteiger partial charge in [-0.15, -0.1) is 11.3 Å². The summed E-state index contributed by atoms with van der Waals surface area (Å²) >= 11 is 1.50. The first-order valence-electron chi connectivity index (χ1n) is 8.70. The predicted molar refractivity (Wildman–Crippen MR) is 96.8 cm³/mol. The number of benzene rings is 1. The van der Waals surface area contributed by atoms with Gasteiger partial charge < -0.3 is 9.64 Å². The van der Waals surface area contributed by atoms with Crippen molar-refractivity contribution in [1.82, 2.24) is 9.88 Å². The molecule has 1 aromatic heterocycles. The lowest BCUT2D eigenvalue weighted by molar-refractivity contribution is 0.0637. The second kappa shape index (κ2) is 7.95. The van der Waals surface area contributed by atoms with Crippen molar-refractivity contribution in [1.29, 1.82) is 0 Å². The Hall–Kier alpha value is -1.95. The number of hydrogen-bond acceptors (Lipinski definition) is 4. The Morgan fingerprint density at radius 2 is 2.16 bits per heavy atom. The van der Waals surface area contributed by atoms with Gasteiger partial charge in [0.1, 0.15) is 16.4 Å². The van der Waals surface area contributed by atoms with E-state index in [1.54, 1.807) is 12.1 Å². The van der Waals surface area contributed by atoms with Crippen LogP contribution in [0.3, 0.4) is 0 Å². The van der Waals surface area contributed by atoms with Gasteiger partial charge in [-0.2, -0.15) is 0 Å². The van der Waals surface area contributed by atoms with Gasteiger partial charge in [-0.3, -0.25) is 4.79 Å². The third-order valence-electron chi connectivity index (χ3n) is 4.44. The molecule has 0 N–H and O–H groups in total. The predicted octanol–water partition coefficient (Wildman–Crippen LogP) is 4.08. The quantitative estimate of drug-likeness (QED) is 0.805. The van der Waals surface area contributed by atoms with Crippen LogP contribution in [0.15, 0.2) is 24.3 Å². The highest BCUT2D eigenvalue weighted by atomic mass is 32.1. The summed E-state index contributed by atoms with van der Waals surface area (Å²) in [6.07, 6.45) is 2.86. The van der Waals surface area contributed by atoms with Crippen molar-refractivity contribution in [3.8, 4) is 5.75 Å². The fourth-order valence-electron chi connectivity index (χ4n) is 3.08. The van der Waals surface area contributed by atoms with Crippen LogP contribution in [-0.2, 0) is 6.42 Å². The fourth-order valence-corrected chi connectivity index (χ4v) is 4.05. The summed E-state index contributed by atoms with van der Waals surface area (Å²) in [6.45, 7) is 5.97. The summed E-state index contributed by atoms with van der Waals surface area (Å²) in [6, 6.07) is 6.05. The van der Waals surface area contributed by atoms with Crippen LogP contribution in [0.1, 0.15) is 40.1 Å². The van der Waals surface area contributed by atoms with E-state index in [-0.39, 0.29) is 11.7 Å². The molecule has 0 radical (unpaired) electrons. The van der Waals surface area contributed by atoms with Crippen LogP contribution < -0.4 is 4.74 Å². The highest BCUT2D eigenvalue weighted by Crippen LogP contribution is 2.24. The molecule has 6 heteroatoms. The lowest BCUT2D eigenvalue weighted by atomic mass is 9.98. The number of amides is 1. The molecule has 0 spiro atoms. The normalized spacial score (nSPS) is 17.6. The topological polar surface area (TPSA) is 42.4 Å². The van der Waals surface area contributed by atoms with Crippen LogP contribution >= 0.6 is 11.3 Å². The number of carbonyl (C=O) groups excluding carboxylic acids is 1. The van der Waals surface area contributed by atoms with Crippen molar-refractivity contribution in [3.05, 3.63) is 45.7 Å². The van der Waals surface area contributed by atoms with Crippen molar-refractivity contribution in [2.75, 3.05) is 19.7 Å². The average molecular weight is 362 g/mol. The maximum atomic E-state index is 12.9. The van der Waals surface area contributed by atoms with Gasteiger partial charge in [0.05, 0.1) is 17.3 Å². The molecule has 1 unspecified atom stereocenters. The molecule has 2 heterocycles. The van der Waals surface area contributed by atoms with E-state index >= 15 is 0 Å². The van der Waals surface area contributed by atoms with Crippen molar-refractivity contribution < 1.29 is 13.9 Å². The monoisotopic (exact) mass is 362 g/mol. The number of aromatic nitrogens is 1. The molecule has 1 atom stereocenters. The molecule has 0 bridgehead atoms. The van der Waals surface area contributed by atoms with E-state index in [0.717, 1.165) is 41.4 Å². The molecule has 3 rings (SSSR count). The van der Waals surface area contributed by atoms with Crippen LogP contribution in [0.5, 0.6) is 5.75 Å². The largest absolute Gasteiger partial charge is 0.493 e. The van der Waals surface area contributed by atoms with Crippen LogP contribution in [0.4, 0.5) is 4.39 Å². The van der Waals surface area contributed by atoms with Gasteiger partial charge in [0.2, 0.25) is 0 Å². The number of aryl methyl sites for hydroxylation is 2. The van der Waals surface area contributed by atoms with Crippen LogP contribution in [-0.4, -0.2) is 35.5 Å². The van der Waals surface area contributed by atoms with Crippen molar-refractivity contribution in [3.63, 3.8) is 0 Å². The molecule has 0 saturated carbocycles. The second-order valence-corrected chi connectivity index (χ2v) is 7.48.